The first-order chi connectivity index (χ1) is 9.99. The third-order valence-electron chi connectivity index (χ3n) is 2.82. The third kappa shape index (κ3) is 5.37. The molecule has 0 bridgehead atoms. The average Bonchev–Trinajstić information content (AvgIpc) is 2.92. The molecule has 1 aromatic heterocycles. The van der Waals surface area contributed by atoms with Crippen molar-refractivity contribution in [2.75, 3.05) is 26.0 Å². The van der Waals surface area contributed by atoms with Gasteiger partial charge in [0.2, 0.25) is 5.91 Å². The van der Waals surface area contributed by atoms with Gasteiger partial charge in [0, 0.05) is 12.6 Å². The van der Waals surface area contributed by atoms with Crippen molar-refractivity contribution in [1.29, 1.82) is 0 Å². The van der Waals surface area contributed by atoms with Crippen LogP contribution < -0.4 is 0 Å². The van der Waals surface area contributed by atoms with Gasteiger partial charge in [-0.05, 0) is 20.3 Å². The van der Waals surface area contributed by atoms with Gasteiger partial charge in [-0.25, -0.2) is 0 Å². The molecule has 21 heavy (non-hydrogen) atoms. The lowest BCUT2D eigenvalue weighted by Gasteiger charge is -2.20. The van der Waals surface area contributed by atoms with E-state index in [1.165, 1.54) is 23.8 Å². The molecule has 0 saturated carbocycles. The molecule has 118 valence electrons. The van der Waals surface area contributed by atoms with Crippen LogP contribution in [0, 0.1) is 0 Å². The molecule has 0 N–H and O–H groups in total. The van der Waals surface area contributed by atoms with Gasteiger partial charge in [-0.15, -0.1) is 10.2 Å². The van der Waals surface area contributed by atoms with Crippen LogP contribution in [-0.2, 0) is 14.3 Å². The molecule has 1 aromatic rings. The minimum absolute atomic E-state index is 0.0133. The Morgan fingerprint density at radius 3 is 2.76 bits per heavy atom. The SMILES string of the molecule is CCCN(CC(=O)OC)C(=O)CSc1nncn1C(C)C. The first-order valence-electron chi connectivity index (χ1n) is 6.86. The second-order valence-corrected chi connectivity index (χ2v) is 5.74. The fourth-order valence-electron chi connectivity index (χ4n) is 1.69. The maximum Gasteiger partial charge on any atom is 0.325 e. The Bertz CT molecular complexity index is 476. The number of esters is 1. The first kappa shape index (κ1) is 17.5. The van der Waals surface area contributed by atoms with Crippen LogP contribution in [0.15, 0.2) is 11.5 Å². The molecule has 1 rings (SSSR count). The lowest BCUT2D eigenvalue weighted by molar-refractivity contribution is -0.146. The molecule has 0 aliphatic heterocycles. The molecule has 0 unspecified atom stereocenters. The average molecular weight is 314 g/mol. The van der Waals surface area contributed by atoms with Crippen molar-refractivity contribution in [3.8, 4) is 0 Å². The maximum absolute atomic E-state index is 12.2. The molecule has 0 atom stereocenters. The van der Waals surface area contributed by atoms with Crippen LogP contribution in [0.2, 0.25) is 0 Å². The predicted molar refractivity (Wildman–Crippen MR) is 80.0 cm³/mol. The summed E-state index contributed by atoms with van der Waals surface area (Å²) in [5.41, 5.74) is 0. The van der Waals surface area contributed by atoms with E-state index in [1.54, 1.807) is 6.33 Å². The van der Waals surface area contributed by atoms with Crippen molar-refractivity contribution < 1.29 is 14.3 Å². The standard InChI is InChI=1S/C13H22N4O3S/c1-5-6-16(7-12(19)20-4)11(18)8-21-13-15-14-9-17(13)10(2)3/h9-10H,5-8H2,1-4H3. The monoisotopic (exact) mass is 314 g/mol. The number of aromatic nitrogens is 3. The van der Waals surface area contributed by atoms with Gasteiger partial charge in [0.25, 0.3) is 0 Å². The van der Waals surface area contributed by atoms with Gasteiger partial charge in [0.1, 0.15) is 12.9 Å². The highest BCUT2D eigenvalue weighted by Crippen LogP contribution is 2.19. The molecular formula is C13H22N4O3S. The van der Waals surface area contributed by atoms with Crippen molar-refractivity contribution in [1.82, 2.24) is 19.7 Å². The molecule has 0 radical (unpaired) electrons. The Balaban J connectivity index is 2.60. The summed E-state index contributed by atoms with van der Waals surface area (Å²) >= 11 is 1.33. The Hall–Kier alpha value is -1.57. The van der Waals surface area contributed by atoms with Gasteiger partial charge in [-0.1, -0.05) is 18.7 Å². The first-order valence-corrected chi connectivity index (χ1v) is 7.85. The van der Waals surface area contributed by atoms with Gasteiger partial charge >= 0.3 is 5.97 Å². The number of hydrogen-bond donors (Lipinski definition) is 0. The van der Waals surface area contributed by atoms with Crippen LogP contribution in [0.4, 0.5) is 0 Å². The maximum atomic E-state index is 12.2. The van der Waals surface area contributed by atoms with E-state index in [4.69, 9.17) is 0 Å². The summed E-state index contributed by atoms with van der Waals surface area (Å²) in [6, 6.07) is 0.236. The minimum Gasteiger partial charge on any atom is -0.468 e. The second-order valence-electron chi connectivity index (χ2n) is 4.79. The topological polar surface area (TPSA) is 77.3 Å². The zero-order chi connectivity index (χ0) is 15.8. The van der Waals surface area contributed by atoms with E-state index < -0.39 is 5.97 Å². The highest BCUT2D eigenvalue weighted by molar-refractivity contribution is 7.99. The molecule has 0 spiro atoms. The van der Waals surface area contributed by atoms with E-state index in [1.807, 2.05) is 25.3 Å². The highest BCUT2D eigenvalue weighted by atomic mass is 32.2. The number of thioether (sulfide) groups is 1. The lowest BCUT2D eigenvalue weighted by atomic mass is 10.4. The van der Waals surface area contributed by atoms with Gasteiger partial charge in [-0.2, -0.15) is 0 Å². The predicted octanol–water partition coefficient (Wildman–Crippen LogP) is 1.36. The Kier molecular flexibility index (Phi) is 7.21. The zero-order valence-corrected chi connectivity index (χ0v) is 13.7. The van der Waals surface area contributed by atoms with Crippen LogP contribution in [0.3, 0.4) is 0 Å². The normalized spacial score (nSPS) is 10.7. The molecule has 8 heteroatoms. The van der Waals surface area contributed by atoms with Crippen LogP contribution in [0.25, 0.3) is 0 Å². The van der Waals surface area contributed by atoms with Crippen molar-refractivity contribution >= 4 is 23.6 Å². The van der Waals surface area contributed by atoms with Crippen LogP contribution in [0.1, 0.15) is 33.2 Å². The van der Waals surface area contributed by atoms with Crippen LogP contribution in [-0.4, -0.2) is 57.5 Å². The fraction of sp³-hybridized carbons (Fsp3) is 0.692. The summed E-state index contributed by atoms with van der Waals surface area (Å²) in [7, 11) is 1.32. The van der Waals surface area contributed by atoms with Gasteiger partial charge in [-0.3, -0.25) is 9.59 Å². The van der Waals surface area contributed by atoms with E-state index in [-0.39, 0.29) is 24.2 Å². The number of methoxy groups -OCH3 is 1. The largest absolute Gasteiger partial charge is 0.468 e. The van der Waals surface area contributed by atoms with E-state index in [0.717, 1.165) is 6.42 Å². The van der Waals surface area contributed by atoms with Gasteiger partial charge in [0.05, 0.1) is 12.9 Å². The summed E-state index contributed by atoms with van der Waals surface area (Å²) in [5, 5.41) is 8.56. The second kappa shape index (κ2) is 8.66. The molecule has 1 heterocycles. The molecule has 0 fully saturated rings. The third-order valence-corrected chi connectivity index (χ3v) is 3.76. The Morgan fingerprint density at radius 1 is 1.48 bits per heavy atom. The number of carbonyl (C=O) groups excluding carboxylic acids is 2. The minimum atomic E-state index is -0.410. The highest BCUT2D eigenvalue weighted by Gasteiger charge is 2.18. The molecule has 0 saturated heterocycles. The van der Waals surface area contributed by atoms with Crippen molar-refractivity contribution in [3.63, 3.8) is 0 Å². The summed E-state index contributed by atoms with van der Waals surface area (Å²) < 4.78 is 6.52. The van der Waals surface area contributed by atoms with Crippen LogP contribution >= 0.6 is 11.8 Å². The lowest BCUT2D eigenvalue weighted by Crippen LogP contribution is -2.37. The number of ether oxygens (including phenoxy) is 1. The quantitative estimate of drug-likeness (QED) is 0.532. The Morgan fingerprint density at radius 2 is 2.19 bits per heavy atom. The molecule has 7 nitrogen and oxygen atoms in total. The van der Waals surface area contributed by atoms with Gasteiger partial charge < -0.3 is 14.2 Å². The Labute approximate surface area is 129 Å². The van der Waals surface area contributed by atoms with E-state index >= 15 is 0 Å². The number of rotatable bonds is 8. The molecule has 0 aliphatic rings. The summed E-state index contributed by atoms with van der Waals surface area (Å²) in [6.45, 7) is 6.53. The number of nitrogens with zero attached hydrogens (tertiary/aromatic N) is 4. The number of amides is 1. The van der Waals surface area contributed by atoms with Crippen LogP contribution in [0.5, 0.6) is 0 Å². The van der Waals surface area contributed by atoms with E-state index in [9.17, 15) is 9.59 Å². The number of carbonyl (C=O) groups is 2. The fourth-order valence-corrected chi connectivity index (χ4v) is 2.64. The van der Waals surface area contributed by atoms with E-state index in [0.29, 0.717) is 11.7 Å². The number of hydrogen-bond acceptors (Lipinski definition) is 6. The van der Waals surface area contributed by atoms with Crippen molar-refractivity contribution in [2.45, 2.75) is 38.4 Å². The molecule has 1 amide bonds. The van der Waals surface area contributed by atoms with Crippen molar-refractivity contribution in [3.05, 3.63) is 6.33 Å². The smallest absolute Gasteiger partial charge is 0.325 e. The summed E-state index contributed by atoms with van der Waals surface area (Å²) in [4.78, 5) is 25.0. The molecule has 0 aromatic carbocycles. The van der Waals surface area contributed by atoms with Crippen molar-refractivity contribution in [2.24, 2.45) is 0 Å². The van der Waals surface area contributed by atoms with Gasteiger partial charge in [0.15, 0.2) is 5.16 Å². The zero-order valence-electron chi connectivity index (χ0n) is 12.9. The molecular weight excluding hydrogens is 292 g/mol. The summed E-state index contributed by atoms with van der Waals surface area (Å²) in [6.07, 6.45) is 2.44. The summed E-state index contributed by atoms with van der Waals surface area (Å²) in [5.74, 6) is -0.291. The molecule has 0 aliphatic carbocycles. The van der Waals surface area contributed by atoms with E-state index in [2.05, 4.69) is 14.9 Å².